The average molecular weight is 302 g/mol. The molecule has 1 N–H and O–H groups in total. The summed E-state index contributed by atoms with van der Waals surface area (Å²) in [5.74, 6) is 1.51. The number of benzene rings is 1. The Balaban J connectivity index is 2.05. The molecule has 22 heavy (non-hydrogen) atoms. The van der Waals surface area contributed by atoms with Crippen molar-refractivity contribution in [3.05, 3.63) is 47.4 Å². The maximum Gasteiger partial charge on any atom is 0.274 e. The number of methoxy groups -OCH3 is 1. The van der Waals surface area contributed by atoms with E-state index < -0.39 is 0 Å². The second kappa shape index (κ2) is 7.31. The summed E-state index contributed by atoms with van der Waals surface area (Å²) in [5.41, 5.74) is 3.70. The minimum absolute atomic E-state index is 0.318. The number of rotatable bonds is 6. The Morgan fingerprint density at radius 1 is 1.36 bits per heavy atom. The molecule has 2 rings (SSSR count). The molecule has 0 fully saturated rings. The highest BCUT2D eigenvalue weighted by Gasteiger charge is 2.10. The van der Waals surface area contributed by atoms with Crippen molar-refractivity contribution in [2.45, 2.75) is 13.8 Å². The van der Waals surface area contributed by atoms with Gasteiger partial charge in [0.05, 0.1) is 31.8 Å². The van der Waals surface area contributed by atoms with E-state index >= 15 is 0 Å². The molecule has 1 aromatic heterocycles. The van der Waals surface area contributed by atoms with Gasteiger partial charge in [-0.25, -0.2) is 5.43 Å². The molecule has 0 aliphatic rings. The molecule has 2 aromatic rings. The largest absolute Gasteiger partial charge is 0.493 e. The van der Waals surface area contributed by atoms with E-state index in [4.69, 9.17) is 13.9 Å². The summed E-state index contributed by atoms with van der Waals surface area (Å²) in [6.45, 7) is 4.15. The normalized spacial score (nSPS) is 10.7. The predicted octanol–water partition coefficient (Wildman–Crippen LogP) is 2.76. The van der Waals surface area contributed by atoms with Gasteiger partial charge in [0, 0.05) is 0 Å². The van der Waals surface area contributed by atoms with Gasteiger partial charge in [-0.3, -0.25) is 4.79 Å². The highest BCUT2D eigenvalue weighted by atomic mass is 16.5. The highest BCUT2D eigenvalue weighted by Crippen LogP contribution is 2.27. The van der Waals surface area contributed by atoms with Crippen molar-refractivity contribution in [3.8, 4) is 11.5 Å². The number of carbonyl (C=O) groups excluding carboxylic acids is 1. The number of hydrazone groups is 1. The van der Waals surface area contributed by atoms with Crippen molar-refractivity contribution >= 4 is 12.1 Å². The van der Waals surface area contributed by atoms with E-state index in [1.54, 1.807) is 32.2 Å². The Bertz CT molecular complexity index is 677. The van der Waals surface area contributed by atoms with Gasteiger partial charge in [-0.05, 0) is 43.7 Å². The number of carbonyl (C=O) groups is 1. The number of aryl methyl sites for hydroxylation is 1. The molecule has 0 atom stereocenters. The van der Waals surface area contributed by atoms with Gasteiger partial charge in [0.25, 0.3) is 5.91 Å². The summed E-state index contributed by atoms with van der Waals surface area (Å²) in [6.07, 6.45) is 3.00. The summed E-state index contributed by atoms with van der Waals surface area (Å²) < 4.78 is 15.8. The van der Waals surface area contributed by atoms with Crippen molar-refractivity contribution in [2.24, 2.45) is 5.10 Å². The van der Waals surface area contributed by atoms with Crippen LogP contribution >= 0.6 is 0 Å². The Kier molecular flexibility index (Phi) is 5.19. The fourth-order valence-electron chi connectivity index (χ4n) is 1.89. The van der Waals surface area contributed by atoms with Gasteiger partial charge in [0.2, 0.25) is 0 Å². The number of nitrogens with one attached hydrogen (secondary N) is 1. The molecule has 0 spiro atoms. The number of hydrogen-bond acceptors (Lipinski definition) is 5. The van der Waals surface area contributed by atoms with Crippen molar-refractivity contribution < 1.29 is 18.7 Å². The van der Waals surface area contributed by atoms with Crippen LogP contribution in [0.25, 0.3) is 0 Å². The second-order valence-corrected chi connectivity index (χ2v) is 4.43. The zero-order valence-electron chi connectivity index (χ0n) is 12.8. The lowest BCUT2D eigenvalue weighted by Crippen LogP contribution is -2.17. The van der Waals surface area contributed by atoms with Crippen LogP contribution in [0.2, 0.25) is 0 Å². The first-order valence-corrected chi connectivity index (χ1v) is 6.84. The Morgan fingerprint density at radius 3 is 2.82 bits per heavy atom. The molecule has 0 aliphatic heterocycles. The summed E-state index contributed by atoms with van der Waals surface area (Å²) in [7, 11) is 1.58. The van der Waals surface area contributed by atoms with Crippen molar-refractivity contribution in [1.82, 2.24) is 5.43 Å². The van der Waals surface area contributed by atoms with Gasteiger partial charge in [-0.1, -0.05) is 0 Å². The average Bonchev–Trinajstić information content (AvgIpc) is 2.94. The van der Waals surface area contributed by atoms with Gasteiger partial charge < -0.3 is 13.9 Å². The zero-order chi connectivity index (χ0) is 15.9. The van der Waals surface area contributed by atoms with Gasteiger partial charge in [0.1, 0.15) is 5.76 Å². The standard InChI is InChI=1S/C16H18N2O4/c1-4-21-15-9-12(5-6-14(15)20-3)10-17-18-16(19)13-7-8-22-11(13)2/h5-10H,4H2,1-3H3,(H,18,19)/b17-10+. The monoisotopic (exact) mass is 302 g/mol. The molecule has 0 aliphatic carbocycles. The van der Waals surface area contributed by atoms with Crippen LogP contribution in [0.15, 0.2) is 40.0 Å². The van der Waals surface area contributed by atoms with Crippen LogP contribution in [0.3, 0.4) is 0 Å². The molecule has 0 saturated carbocycles. The minimum atomic E-state index is -0.318. The lowest BCUT2D eigenvalue weighted by atomic mass is 10.2. The topological polar surface area (TPSA) is 73.1 Å². The Hall–Kier alpha value is -2.76. The molecule has 1 amide bonds. The lowest BCUT2D eigenvalue weighted by Gasteiger charge is -2.09. The third kappa shape index (κ3) is 3.66. The Labute approximate surface area is 128 Å². The van der Waals surface area contributed by atoms with Crippen molar-refractivity contribution in [1.29, 1.82) is 0 Å². The molecule has 0 radical (unpaired) electrons. The molecule has 0 unspecified atom stereocenters. The third-order valence-electron chi connectivity index (χ3n) is 2.97. The molecule has 6 nitrogen and oxygen atoms in total. The fraction of sp³-hybridized carbons (Fsp3) is 0.250. The quantitative estimate of drug-likeness (QED) is 0.658. The van der Waals surface area contributed by atoms with Crippen LogP contribution in [-0.4, -0.2) is 25.8 Å². The number of ether oxygens (including phenoxy) is 2. The van der Waals surface area contributed by atoms with Gasteiger partial charge in [0.15, 0.2) is 11.5 Å². The number of nitrogens with zero attached hydrogens (tertiary/aromatic N) is 1. The third-order valence-corrected chi connectivity index (χ3v) is 2.97. The molecule has 6 heteroatoms. The molecule has 0 bridgehead atoms. The van der Waals surface area contributed by atoms with Crippen molar-refractivity contribution in [2.75, 3.05) is 13.7 Å². The van der Waals surface area contributed by atoms with E-state index in [1.807, 2.05) is 13.0 Å². The van der Waals surface area contributed by atoms with E-state index in [0.29, 0.717) is 29.4 Å². The fourth-order valence-corrected chi connectivity index (χ4v) is 1.89. The van der Waals surface area contributed by atoms with Gasteiger partial charge in [-0.2, -0.15) is 5.10 Å². The van der Waals surface area contributed by atoms with E-state index in [-0.39, 0.29) is 5.91 Å². The molecule has 0 saturated heterocycles. The Morgan fingerprint density at radius 2 is 2.18 bits per heavy atom. The molecule has 1 heterocycles. The predicted molar refractivity (Wildman–Crippen MR) is 82.7 cm³/mol. The highest BCUT2D eigenvalue weighted by molar-refractivity contribution is 5.95. The lowest BCUT2D eigenvalue weighted by molar-refractivity contribution is 0.0953. The summed E-state index contributed by atoms with van der Waals surface area (Å²) in [4.78, 5) is 11.9. The van der Waals surface area contributed by atoms with Crippen molar-refractivity contribution in [3.63, 3.8) is 0 Å². The minimum Gasteiger partial charge on any atom is -0.493 e. The van der Waals surface area contributed by atoms with E-state index in [1.165, 1.54) is 12.5 Å². The van der Waals surface area contributed by atoms with Gasteiger partial charge in [-0.15, -0.1) is 0 Å². The van der Waals surface area contributed by atoms with Crippen LogP contribution in [0, 0.1) is 6.92 Å². The SMILES string of the molecule is CCOc1cc(/C=N/NC(=O)c2ccoc2C)ccc1OC. The maximum atomic E-state index is 11.9. The van der Waals surface area contributed by atoms with Gasteiger partial charge >= 0.3 is 0 Å². The summed E-state index contributed by atoms with van der Waals surface area (Å²) >= 11 is 0. The van der Waals surface area contributed by atoms with Crippen LogP contribution in [0.1, 0.15) is 28.6 Å². The van der Waals surface area contributed by atoms with Crippen LogP contribution < -0.4 is 14.9 Å². The van der Waals surface area contributed by atoms with E-state index in [2.05, 4.69) is 10.5 Å². The number of furan rings is 1. The molecule has 116 valence electrons. The first kappa shape index (κ1) is 15.6. The molecule has 1 aromatic carbocycles. The van der Waals surface area contributed by atoms with Crippen LogP contribution in [-0.2, 0) is 0 Å². The number of hydrogen-bond donors (Lipinski definition) is 1. The van der Waals surface area contributed by atoms with E-state index in [9.17, 15) is 4.79 Å². The molecular formula is C16H18N2O4. The molecular weight excluding hydrogens is 284 g/mol. The summed E-state index contributed by atoms with van der Waals surface area (Å²) in [5, 5.41) is 3.93. The van der Waals surface area contributed by atoms with E-state index in [0.717, 1.165) is 5.56 Å². The number of amides is 1. The second-order valence-electron chi connectivity index (χ2n) is 4.43. The smallest absolute Gasteiger partial charge is 0.274 e. The zero-order valence-corrected chi connectivity index (χ0v) is 12.8. The van der Waals surface area contributed by atoms with Crippen LogP contribution in [0.4, 0.5) is 0 Å². The van der Waals surface area contributed by atoms with Crippen LogP contribution in [0.5, 0.6) is 11.5 Å². The first-order chi connectivity index (χ1) is 10.7. The summed E-state index contributed by atoms with van der Waals surface area (Å²) in [6, 6.07) is 7.00. The maximum absolute atomic E-state index is 11.9. The first-order valence-electron chi connectivity index (χ1n) is 6.84.